The molecule has 4 rings (SSSR count). The van der Waals surface area contributed by atoms with Gasteiger partial charge in [0.2, 0.25) is 0 Å². The molecule has 0 spiro atoms. The molecule has 0 fully saturated rings. The lowest BCUT2D eigenvalue weighted by Crippen LogP contribution is -1.97. The van der Waals surface area contributed by atoms with Gasteiger partial charge in [-0.25, -0.2) is 4.68 Å². The van der Waals surface area contributed by atoms with Gasteiger partial charge in [0.1, 0.15) is 11.5 Å². The van der Waals surface area contributed by atoms with Crippen molar-refractivity contribution >= 4 is 21.8 Å². The van der Waals surface area contributed by atoms with E-state index in [0.717, 1.165) is 39.0 Å². The van der Waals surface area contributed by atoms with Crippen molar-refractivity contribution in [1.29, 1.82) is 0 Å². The van der Waals surface area contributed by atoms with Gasteiger partial charge in [-0.3, -0.25) is 4.98 Å². The minimum Gasteiger partial charge on any atom is -0.497 e. The molecule has 114 valence electrons. The molecule has 0 aliphatic heterocycles. The SMILES string of the molecule is COc1ccc(-n2ncc3cnc4cc(OC)ccc4c32)cc1. The molecule has 0 saturated heterocycles. The second-order valence-corrected chi connectivity index (χ2v) is 5.20. The summed E-state index contributed by atoms with van der Waals surface area (Å²) in [5.41, 5.74) is 2.89. The smallest absolute Gasteiger partial charge is 0.121 e. The van der Waals surface area contributed by atoms with Gasteiger partial charge in [-0.05, 0) is 36.4 Å². The monoisotopic (exact) mass is 305 g/mol. The van der Waals surface area contributed by atoms with E-state index in [4.69, 9.17) is 9.47 Å². The maximum absolute atomic E-state index is 5.28. The summed E-state index contributed by atoms with van der Waals surface area (Å²) in [5.74, 6) is 1.61. The highest BCUT2D eigenvalue weighted by Crippen LogP contribution is 2.28. The molecular formula is C18H15N3O2. The first-order valence-corrected chi connectivity index (χ1v) is 7.25. The Morgan fingerprint density at radius 2 is 1.61 bits per heavy atom. The normalized spacial score (nSPS) is 11.0. The summed E-state index contributed by atoms with van der Waals surface area (Å²) in [6, 6.07) is 13.7. The quantitative estimate of drug-likeness (QED) is 0.580. The van der Waals surface area contributed by atoms with Crippen molar-refractivity contribution in [2.75, 3.05) is 14.2 Å². The summed E-state index contributed by atoms with van der Waals surface area (Å²) < 4.78 is 12.4. The fourth-order valence-corrected chi connectivity index (χ4v) is 2.73. The van der Waals surface area contributed by atoms with E-state index >= 15 is 0 Å². The van der Waals surface area contributed by atoms with E-state index in [1.807, 2.05) is 59.5 Å². The topological polar surface area (TPSA) is 49.2 Å². The van der Waals surface area contributed by atoms with Gasteiger partial charge in [0.25, 0.3) is 0 Å². The molecule has 2 aromatic heterocycles. The lowest BCUT2D eigenvalue weighted by Gasteiger charge is -2.08. The lowest BCUT2D eigenvalue weighted by atomic mass is 10.1. The minimum atomic E-state index is 0.792. The van der Waals surface area contributed by atoms with Crippen molar-refractivity contribution in [2.24, 2.45) is 0 Å². The number of benzene rings is 2. The third-order valence-corrected chi connectivity index (χ3v) is 3.92. The number of fused-ring (bicyclic) bond motifs is 3. The van der Waals surface area contributed by atoms with Crippen LogP contribution in [0.2, 0.25) is 0 Å². The van der Waals surface area contributed by atoms with Crippen molar-refractivity contribution in [2.45, 2.75) is 0 Å². The van der Waals surface area contributed by atoms with Crippen LogP contribution in [0.15, 0.2) is 54.9 Å². The Labute approximate surface area is 133 Å². The zero-order valence-electron chi connectivity index (χ0n) is 12.9. The number of pyridine rings is 1. The van der Waals surface area contributed by atoms with Crippen LogP contribution < -0.4 is 9.47 Å². The van der Waals surface area contributed by atoms with Gasteiger partial charge in [-0.2, -0.15) is 5.10 Å². The second-order valence-electron chi connectivity index (χ2n) is 5.20. The van der Waals surface area contributed by atoms with Crippen molar-refractivity contribution < 1.29 is 9.47 Å². The van der Waals surface area contributed by atoms with Crippen LogP contribution in [0.1, 0.15) is 0 Å². The molecule has 5 nitrogen and oxygen atoms in total. The van der Waals surface area contributed by atoms with Gasteiger partial charge in [-0.1, -0.05) is 0 Å². The summed E-state index contributed by atoms with van der Waals surface area (Å²) in [5, 5.41) is 6.56. The van der Waals surface area contributed by atoms with E-state index in [9.17, 15) is 0 Å². The van der Waals surface area contributed by atoms with E-state index < -0.39 is 0 Å². The largest absolute Gasteiger partial charge is 0.497 e. The molecule has 5 heteroatoms. The Morgan fingerprint density at radius 3 is 2.35 bits per heavy atom. The molecule has 0 bridgehead atoms. The highest BCUT2D eigenvalue weighted by atomic mass is 16.5. The number of rotatable bonds is 3. The second kappa shape index (κ2) is 5.28. The van der Waals surface area contributed by atoms with Crippen LogP contribution in [0, 0.1) is 0 Å². The van der Waals surface area contributed by atoms with E-state index in [-0.39, 0.29) is 0 Å². The molecule has 2 aromatic carbocycles. The Hall–Kier alpha value is -3.08. The van der Waals surface area contributed by atoms with Crippen molar-refractivity contribution in [3.05, 3.63) is 54.9 Å². The third kappa shape index (κ3) is 2.17. The van der Waals surface area contributed by atoms with E-state index in [0.29, 0.717) is 0 Å². The van der Waals surface area contributed by atoms with Crippen LogP contribution in [0.4, 0.5) is 0 Å². The van der Waals surface area contributed by atoms with Gasteiger partial charge in [0, 0.05) is 23.0 Å². The molecule has 0 aliphatic rings. The number of methoxy groups -OCH3 is 2. The molecule has 0 radical (unpaired) electrons. The summed E-state index contributed by atoms with van der Waals surface area (Å²) in [4.78, 5) is 4.50. The molecule has 2 heterocycles. The van der Waals surface area contributed by atoms with Crippen molar-refractivity contribution in [3.8, 4) is 17.2 Å². The average Bonchev–Trinajstić information content (AvgIpc) is 3.05. The molecular weight excluding hydrogens is 290 g/mol. The van der Waals surface area contributed by atoms with Gasteiger partial charge in [0.15, 0.2) is 0 Å². The van der Waals surface area contributed by atoms with Crippen LogP contribution >= 0.6 is 0 Å². The molecule has 0 aliphatic carbocycles. The Balaban J connectivity index is 1.97. The number of nitrogens with zero attached hydrogens (tertiary/aromatic N) is 3. The number of aromatic nitrogens is 3. The number of ether oxygens (including phenoxy) is 2. The zero-order valence-corrected chi connectivity index (χ0v) is 12.9. The molecule has 0 unspecified atom stereocenters. The van der Waals surface area contributed by atoms with E-state index in [1.54, 1.807) is 14.2 Å². The summed E-state index contributed by atoms with van der Waals surface area (Å²) in [7, 11) is 3.31. The average molecular weight is 305 g/mol. The van der Waals surface area contributed by atoms with Crippen LogP contribution in [0.25, 0.3) is 27.5 Å². The predicted octanol–water partition coefficient (Wildman–Crippen LogP) is 3.59. The standard InChI is InChI=1S/C18H15N3O2/c1-22-14-5-3-13(4-6-14)21-18-12(11-20-21)10-19-17-9-15(23-2)7-8-16(17)18/h3-11H,1-2H3. The van der Waals surface area contributed by atoms with Crippen LogP contribution in [-0.4, -0.2) is 29.0 Å². The van der Waals surface area contributed by atoms with Gasteiger partial charge < -0.3 is 9.47 Å². The Kier molecular flexibility index (Phi) is 3.12. The summed E-state index contributed by atoms with van der Waals surface area (Å²) in [6.07, 6.45) is 3.67. The maximum atomic E-state index is 5.28. The van der Waals surface area contributed by atoms with Crippen molar-refractivity contribution in [1.82, 2.24) is 14.8 Å². The molecule has 0 saturated carbocycles. The molecule has 0 amide bonds. The zero-order chi connectivity index (χ0) is 15.8. The third-order valence-electron chi connectivity index (χ3n) is 3.92. The summed E-state index contributed by atoms with van der Waals surface area (Å²) in [6.45, 7) is 0. The first kappa shape index (κ1) is 13.6. The number of hydrogen-bond donors (Lipinski definition) is 0. The van der Waals surface area contributed by atoms with Gasteiger partial charge in [-0.15, -0.1) is 0 Å². The molecule has 23 heavy (non-hydrogen) atoms. The molecule has 0 N–H and O–H groups in total. The van der Waals surface area contributed by atoms with Crippen molar-refractivity contribution in [3.63, 3.8) is 0 Å². The van der Waals surface area contributed by atoms with Gasteiger partial charge in [0.05, 0.1) is 37.1 Å². The van der Waals surface area contributed by atoms with E-state index in [2.05, 4.69) is 10.1 Å². The fraction of sp³-hybridized carbons (Fsp3) is 0.111. The first-order valence-electron chi connectivity index (χ1n) is 7.25. The fourth-order valence-electron chi connectivity index (χ4n) is 2.73. The van der Waals surface area contributed by atoms with E-state index in [1.165, 1.54) is 0 Å². The van der Waals surface area contributed by atoms with Crippen LogP contribution in [0.3, 0.4) is 0 Å². The minimum absolute atomic E-state index is 0.792. The van der Waals surface area contributed by atoms with Crippen LogP contribution in [-0.2, 0) is 0 Å². The highest BCUT2D eigenvalue weighted by Gasteiger charge is 2.10. The summed E-state index contributed by atoms with van der Waals surface area (Å²) >= 11 is 0. The first-order chi connectivity index (χ1) is 11.3. The molecule has 0 atom stereocenters. The lowest BCUT2D eigenvalue weighted by molar-refractivity contribution is 0.414. The predicted molar refractivity (Wildman–Crippen MR) is 89.5 cm³/mol. The Morgan fingerprint density at radius 1 is 0.870 bits per heavy atom. The van der Waals surface area contributed by atoms with Gasteiger partial charge >= 0.3 is 0 Å². The van der Waals surface area contributed by atoms with Crippen LogP contribution in [0.5, 0.6) is 11.5 Å². The highest BCUT2D eigenvalue weighted by molar-refractivity contribution is 6.04. The molecule has 4 aromatic rings. The Bertz CT molecular complexity index is 990. The maximum Gasteiger partial charge on any atom is 0.121 e. The number of hydrogen-bond acceptors (Lipinski definition) is 4.